The van der Waals surface area contributed by atoms with E-state index in [4.69, 9.17) is 11.2 Å². The van der Waals surface area contributed by atoms with Gasteiger partial charge in [0.1, 0.15) is 23.2 Å². The van der Waals surface area contributed by atoms with Crippen molar-refractivity contribution in [2.24, 2.45) is 17.3 Å². The van der Waals surface area contributed by atoms with E-state index in [2.05, 4.69) is 12.8 Å². The van der Waals surface area contributed by atoms with Crippen molar-refractivity contribution in [2.45, 2.75) is 70.0 Å². The summed E-state index contributed by atoms with van der Waals surface area (Å²) >= 11 is 0. The molecule has 1 aromatic rings. The fraction of sp³-hybridized carbons (Fsp3) is 0.609. The monoisotopic (exact) mass is 384 g/mol. The van der Waals surface area contributed by atoms with Gasteiger partial charge in [-0.25, -0.2) is 4.79 Å². The molecule has 6 atom stereocenters. The van der Waals surface area contributed by atoms with Gasteiger partial charge in [0.15, 0.2) is 0 Å². The first-order valence-electron chi connectivity index (χ1n) is 10.2. The lowest BCUT2D eigenvalue weighted by molar-refractivity contribution is -0.142. The quantitative estimate of drug-likeness (QED) is 0.415. The van der Waals surface area contributed by atoms with Crippen molar-refractivity contribution in [1.29, 1.82) is 0 Å². The van der Waals surface area contributed by atoms with Crippen molar-refractivity contribution >= 4 is 5.97 Å². The Kier molecular flexibility index (Phi) is 4.48. The van der Waals surface area contributed by atoms with E-state index in [0.717, 1.165) is 43.2 Å². The number of fused-ring (bicyclic) bond motifs is 5. The van der Waals surface area contributed by atoms with Crippen LogP contribution in [0.15, 0.2) is 12.1 Å². The minimum Gasteiger partial charge on any atom is -0.508 e. The Balaban J connectivity index is 1.73. The number of aliphatic hydroxyl groups is 2. The molecule has 2 fully saturated rings. The summed E-state index contributed by atoms with van der Waals surface area (Å²) in [6, 6.07) is 3.23. The van der Waals surface area contributed by atoms with E-state index >= 15 is 0 Å². The third kappa shape index (κ3) is 2.66. The molecule has 0 heterocycles. The third-order valence-electron chi connectivity index (χ3n) is 7.71. The molecule has 28 heavy (non-hydrogen) atoms. The van der Waals surface area contributed by atoms with Crippen molar-refractivity contribution < 1.29 is 24.9 Å². The molecule has 3 N–H and O–H groups in total. The summed E-state index contributed by atoms with van der Waals surface area (Å²) in [5.74, 6) is 3.23. The van der Waals surface area contributed by atoms with Gasteiger partial charge in [-0.15, -0.1) is 6.42 Å². The Bertz CT molecular complexity index is 853. The largest absolute Gasteiger partial charge is 0.508 e. The first-order valence-corrected chi connectivity index (χ1v) is 10.2. The molecule has 3 aliphatic rings. The van der Waals surface area contributed by atoms with E-state index in [1.807, 2.05) is 0 Å². The SMILES string of the molecule is C#C[C@]1(O)CC[C@H]2[C@@H]3CCc4cc(O)cc(OC(=O)C(C)O)c4[C@H]3CCC21C. The van der Waals surface area contributed by atoms with Crippen molar-refractivity contribution in [1.82, 2.24) is 0 Å². The number of carbonyl (C=O) groups is 1. The van der Waals surface area contributed by atoms with Crippen LogP contribution in [0.5, 0.6) is 11.5 Å². The Morgan fingerprint density at radius 1 is 1.32 bits per heavy atom. The second-order valence-electron chi connectivity index (χ2n) is 9.03. The zero-order chi connectivity index (χ0) is 20.3. The standard InChI is InChI=1S/C23H28O5/c1-4-23(27)10-8-18-16-6-5-14-11-15(25)12-19(28-21(26)13(2)24)20(14)17(16)7-9-22(18,23)3/h1,11-13,16-18,24-25,27H,5-10H2,2-3H3/t13?,16-,17+,18+,22?,23+/m1/s1. The van der Waals surface area contributed by atoms with Crippen molar-refractivity contribution in [3.05, 3.63) is 23.3 Å². The Labute approximate surface area is 165 Å². The van der Waals surface area contributed by atoms with Crippen LogP contribution < -0.4 is 4.74 Å². The molecular formula is C23H28O5. The van der Waals surface area contributed by atoms with Gasteiger partial charge in [-0.05, 0) is 74.8 Å². The van der Waals surface area contributed by atoms with Crippen molar-refractivity contribution in [2.75, 3.05) is 0 Å². The number of hydrogen-bond donors (Lipinski definition) is 3. The summed E-state index contributed by atoms with van der Waals surface area (Å²) in [5.41, 5.74) is 0.623. The third-order valence-corrected chi connectivity index (χ3v) is 7.71. The van der Waals surface area contributed by atoms with Gasteiger partial charge in [-0.3, -0.25) is 0 Å². The van der Waals surface area contributed by atoms with E-state index in [1.54, 1.807) is 6.07 Å². The molecule has 0 radical (unpaired) electrons. The maximum atomic E-state index is 12.0. The Morgan fingerprint density at radius 3 is 2.75 bits per heavy atom. The second kappa shape index (κ2) is 6.50. The predicted molar refractivity (Wildman–Crippen MR) is 104 cm³/mol. The first kappa shape index (κ1) is 19.3. The lowest BCUT2D eigenvalue weighted by Gasteiger charge is -2.52. The first-order chi connectivity index (χ1) is 13.2. The number of benzene rings is 1. The number of aryl methyl sites for hydroxylation is 1. The zero-order valence-electron chi connectivity index (χ0n) is 16.4. The number of aromatic hydroxyl groups is 1. The van der Waals surface area contributed by atoms with E-state index in [9.17, 15) is 20.1 Å². The lowest BCUT2D eigenvalue weighted by atomic mass is 9.53. The van der Waals surface area contributed by atoms with Gasteiger partial charge >= 0.3 is 5.97 Å². The van der Waals surface area contributed by atoms with E-state index in [1.165, 1.54) is 13.0 Å². The number of aliphatic hydroxyl groups excluding tert-OH is 1. The van der Waals surface area contributed by atoms with Crippen LogP contribution in [-0.4, -0.2) is 33.0 Å². The molecule has 5 nitrogen and oxygen atoms in total. The molecule has 150 valence electrons. The zero-order valence-corrected chi connectivity index (χ0v) is 16.4. The highest BCUT2D eigenvalue weighted by Gasteiger charge is 2.61. The van der Waals surface area contributed by atoms with Gasteiger partial charge < -0.3 is 20.1 Å². The fourth-order valence-corrected chi connectivity index (χ4v) is 6.20. The number of phenolic OH excluding ortho intramolecular Hbond substituents is 1. The highest BCUT2D eigenvalue weighted by molar-refractivity contribution is 5.77. The maximum absolute atomic E-state index is 12.0. The van der Waals surface area contributed by atoms with Crippen molar-refractivity contribution in [3.63, 3.8) is 0 Å². The van der Waals surface area contributed by atoms with Crippen LogP contribution in [-0.2, 0) is 11.2 Å². The van der Waals surface area contributed by atoms with Crippen LogP contribution in [0.1, 0.15) is 63.0 Å². The molecule has 0 amide bonds. The van der Waals surface area contributed by atoms with Crippen molar-refractivity contribution in [3.8, 4) is 23.8 Å². The summed E-state index contributed by atoms with van der Waals surface area (Å²) in [4.78, 5) is 12.0. The van der Waals surface area contributed by atoms with Gasteiger partial charge in [0.05, 0.1) is 0 Å². The number of terminal acetylenes is 1. The minimum absolute atomic E-state index is 0.0637. The molecule has 2 unspecified atom stereocenters. The van der Waals surface area contributed by atoms with Crippen LogP contribution in [0.2, 0.25) is 0 Å². The molecule has 5 heteroatoms. The van der Waals surface area contributed by atoms with Crippen LogP contribution in [0.4, 0.5) is 0 Å². The van der Waals surface area contributed by atoms with Crippen LogP contribution in [0.3, 0.4) is 0 Å². The fourth-order valence-electron chi connectivity index (χ4n) is 6.20. The predicted octanol–water partition coefficient (Wildman–Crippen LogP) is 2.90. The number of esters is 1. The normalized spacial score (nSPS) is 37.2. The van der Waals surface area contributed by atoms with Gasteiger partial charge in [0, 0.05) is 17.0 Å². The summed E-state index contributed by atoms with van der Waals surface area (Å²) in [6.07, 6.45) is 9.42. The number of ether oxygens (including phenoxy) is 1. The number of carbonyl (C=O) groups excluding carboxylic acids is 1. The summed E-state index contributed by atoms with van der Waals surface area (Å²) in [6.45, 7) is 3.49. The molecule has 0 aliphatic heterocycles. The minimum atomic E-state index is -1.23. The molecule has 0 saturated heterocycles. The van der Waals surface area contributed by atoms with Gasteiger partial charge in [-0.1, -0.05) is 12.8 Å². The molecule has 0 bridgehead atoms. The smallest absolute Gasteiger partial charge is 0.340 e. The molecule has 0 aromatic heterocycles. The Morgan fingerprint density at radius 2 is 2.07 bits per heavy atom. The van der Waals surface area contributed by atoms with Crippen LogP contribution >= 0.6 is 0 Å². The summed E-state index contributed by atoms with van der Waals surface area (Å²) < 4.78 is 5.47. The van der Waals surface area contributed by atoms with Crippen LogP contribution in [0.25, 0.3) is 0 Å². The number of hydrogen-bond acceptors (Lipinski definition) is 5. The number of rotatable bonds is 2. The maximum Gasteiger partial charge on any atom is 0.340 e. The van der Waals surface area contributed by atoms with Crippen LogP contribution in [0, 0.1) is 29.6 Å². The highest BCUT2D eigenvalue weighted by Crippen LogP contribution is 2.64. The van der Waals surface area contributed by atoms with Gasteiger partial charge in [0.2, 0.25) is 0 Å². The average Bonchev–Trinajstić information content (AvgIpc) is 2.92. The number of phenols is 1. The van der Waals surface area contributed by atoms with E-state index in [-0.39, 0.29) is 17.1 Å². The molecule has 0 spiro atoms. The van der Waals surface area contributed by atoms with E-state index < -0.39 is 17.7 Å². The summed E-state index contributed by atoms with van der Waals surface area (Å²) in [7, 11) is 0. The van der Waals surface area contributed by atoms with Gasteiger partial charge in [0.25, 0.3) is 0 Å². The van der Waals surface area contributed by atoms with E-state index in [0.29, 0.717) is 24.0 Å². The molecule has 3 aliphatic carbocycles. The molecule has 4 rings (SSSR count). The highest BCUT2D eigenvalue weighted by atomic mass is 16.5. The summed E-state index contributed by atoms with van der Waals surface area (Å²) in [5, 5.41) is 30.7. The molecule has 2 saturated carbocycles. The Hall–Kier alpha value is -2.03. The second-order valence-corrected chi connectivity index (χ2v) is 9.03. The van der Waals surface area contributed by atoms with Gasteiger partial charge in [-0.2, -0.15) is 0 Å². The topological polar surface area (TPSA) is 87.0 Å². The average molecular weight is 384 g/mol. The molecule has 1 aromatic carbocycles. The lowest BCUT2D eigenvalue weighted by Crippen LogP contribution is -2.50. The molecular weight excluding hydrogens is 356 g/mol.